The zero-order valence-corrected chi connectivity index (χ0v) is 13.3. The van der Waals surface area contributed by atoms with Gasteiger partial charge in [0.05, 0.1) is 5.69 Å². The van der Waals surface area contributed by atoms with E-state index in [4.69, 9.17) is 0 Å². The predicted molar refractivity (Wildman–Crippen MR) is 83.6 cm³/mol. The molecule has 0 aliphatic heterocycles. The molecule has 0 aliphatic carbocycles. The fourth-order valence-electron chi connectivity index (χ4n) is 2.02. The van der Waals surface area contributed by atoms with E-state index in [2.05, 4.69) is 28.8 Å². The van der Waals surface area contributed by atoms with Gasteiger partial charge in [-0.1, -0.05) is 26.0 Å². The third kappa shape index (κ3) is 4.77. The van der Waals surface area contributed by atoms with E-state index in [1.54, 1.807) is 18.2 Å². The molecule has 0 fully saturated rings. The number of rotatable bonds is 9. The molecule has 1 rings (SSSR count). The van der Waals surface area contributed by atoms with Crippen molar-refractivity contribution in [1.82, 2.24) is 9.62 Å². The highest BCUT2D eigenvalue weighted by atomic mass is 32.2. The number of hydrogen-bond donors (Lipinski definition) is 2. The number of para-hydroxylation sites is 1. The van der Waals surface area contributed by atoms with E-state index in [1.807, 2.05) is 6.07 Å². The summed E-state index contributed by atoms with van der Waals surface area (Å²) in [6, 6.07) is 6.97. The average molecular weight is 299 g/mol. The summed E-state index contributed by atoms with van der Waals surface area (Å²) in [7, 11) is -1.99. The van der Waals surface area contributed by atoms with Crippen LogP contribution in [-0.2, 0) is 10.0 Å². The van der Waals surface area contributed by atoms with Gasteiger partial charge in [0, 0.05) is 6.54 Å². The minimum atomic E-state index is -3.41. The Morgan fingerprint density at radius 1 is 1.15 bits per heavy atom. The van der Waals surface area contributed by atoms with Crippen molar-refractivity contribution in [1.29, 1.82) is 0 Å². The summed E-state index contributed by atoms with van der Waals surface area (Å²) in [4.78, 5) is 2.64. The summed E-state index contributed by atoms with van der Waals surface area (Å²) in [5, 5.41) is 3.21. The van der Waals surface area contributed by atoms with Crippen LogP contribution >= 0.6 is 0 Å². The minimum absolute atomic E-state index is 0.297. The maximum atomic E-state index is 11.9. The molecular weight excluding hydrogens is 274 g/mol. The molecule has 0 heterocycles. The second-order valence-corrected chi connectivity index (χ2v) is 6.37. The number of nitrogens with one attached hydrogen (secondary N) is 2. The van der Waals surface area contributed by atoms with E-state index in [-0.39, 0.29) is 0 Å². The van der Waals surface area contributed by atoms with Crippen LogP contribution in [0.25, 0.3) is 0 Å². The van der Waals surface area contributed by atoms with Gasteiger partial charge in [-0.3, -0.25) is 0 Å². The van der Waals surface area contributed by atoms with E-state index >= 15 is 0 Å². The van der Waals surface area contributed by atoms with Crippen LogP contribution in [0.1, 0.15) is 20.3 Å². The molecule has 114 valence electrons. The molecule has 1 aromatic rings. The van der Waals surface area contributed by atoms with Gasteiger partial charge in [0.15, 0.2) is 0 Å². The lowest BCUT2D eigenvalue weighted by molar-refractivity contribution is 0.303. The van der Waals surface area contributed by atoms with Crippen LogP contribution in [0.4, 0.5) is 5.69 Å². The summed E-state index contributed by atoms with van der Waals surface area (Å²) < 4.78 is 26.1. The molecular formula is C14H25N3O2S. The maximum Gasteiger partial charge on any atom is 0.242 e. The number of hydrogen-bond acceptors (Lipinski definition) is 4. The molecule has 5 nitrogen and oxygen atoms in total. The largest absolute Gasteiger partial charge is 0.384 e. The van der Waals surface area contributed by atoms with Crippen LogP contribution in [0.2, 0.25) is 0 Å². The van der Waals surface area contributed by atoms with Crippen LogP contribution in [0.5, 0.6) is 0 Å². The SMILES string of the molecule is CCN(CC)CCCNc1ccccc1S(=O)(=O)NC. The first-order chi connectivity index (χ1) is 9.55. The van der Waals surface area contributed by atoms with E-state index < -0.39 is 10.0 Å². The van der Waals surface area contributed by atoms with Crippen LogP contribution in [0, 0.1) is 0 Å². The molecule has 0 bridgehead atoms. The number of nitrogens with zero attached hydrogens (tertiary/aromatic N) is 1. The molecule has 0 saturated heterocycles. The van der Waals surface area contributed by atoms with Crippen molar-refractivity contribution in [2.45, 2.75) is 25.2 Å². The first-order valence-corrected chi connectivity index (χ1v) is 8.52. The topological polar surface area (TPSA) is 61.4 Å². The third-order valence-corrected chi connectivity index (χ3v) is 4.78. The van der Waals surface area contributed by atoms with E-state index in [1.165, 1.54) is 7.05 Å². The van der Waals surface area contributed by atoms with Gasteiger partial charge in [-0.15, -0.1) is 0 Å². The van der Waals surface area contributed by atoms with Crippen molar-refractivity contribution in [2.24, 2.45) is 0 Å². The Labute approximate surface area is 122 Å². The highest BCUT2D eigenvalue weighted by molar-refractivity contribution is 7.89. The quantitative estimate of drug-likeness (QED) is 0.682. The standard InChI is InChI=1S/C14H25N3O2S/c1-4-17(5-2)12-8-11-16-13-9-6-7-10-14(13)20(18,19)15-3/h6-7,9-10,15-16H,4-5,8,11-12H2,1-3H3. The molecule has 0 saturated carbocycles. The molecule has 0 unspecified atom stereocenters. The normalized spacial score (nSPS) is 11.8. The van der Waals surface area contributed by atoms with E-state index in [9.17, 15) is 8.42 Å². The van der Waals surface area contributed by atoms with Gasteiger partial charge in [-0.05, 0) is 45.2 Å². The monoisotopic (exact) mass is 299 g/mol. The first kappa shape index (κ1) is 16.9. The fourth-order valence-corrected chi connectivity index (χ4v) is 2.93. The number of anilines is 1. The van der Waals surface area contributed by atoms with Gasteiger partial charge in [0.2, 0.25) is 10.0 Å². The Bertz CT molecular complexity index is 499. The van der Waals surface area contributed by atoms with Crippen molar-refractivity contribution >= 4 is 15.7 Å². The molecule has 20 heavy (non-hydrogen) atoms. The van der Waals surface area contributed by atoms with E-state index in [0.717, 1.165) is 32.6 Å². The fraction of sp³-hybridized carbons (Fsp3) is 0.571. The van der Waals surface area contributed by atoms with Crippen LogP contribution in [0.15, 0.2) is 29.2 Å². The third-order valence-electron chi connectivity index (χ3n) is 3.31. The first-order valence-electron chi connectivity index (χ1n) is 7.04. The van der Waals surface area contributed by atoms with Gasteiger partial charge >= 0.3 is 0 Å². The minimum Gasteiger partial charge on any atom is -0.384 e. The molecule has 0 amide bonds. The highest BCUT2D eigenvalue weighted by Crippen LogP contribution is 2.20. The zero-order chi connectivity index (χ0) is 15.0. The van der Waals surface area contributed by atoms with Crippen molar-refractivity contribution in [2.75, 3.05) is 38.5 Å². The summed E-state index contributed by atoms with van der Waals surface area (Å²) in [5.41, 5.74) is 0.654. The van der Waals surface area contributed by atoms with Crippen molar-refractivity contribution in [3.05, 3.63) is 24.3 Å². The molecule has 1 aromatic carbocycles. The Morgan fingerprint density at radius 3 is 2.40 bits per heavy atom. The summed E-state index contributed by atoms with van der Waals surface area (Å²) in [6.07, 6.45) is 0.982. The lowest BCUT2D eigenvalue weighted by Gasteiger charge is -2.18. The van der Waals surface area contributed by atoms with E-state index in [0.29, 0.717) is 10.6 Å². The Balaban J connectivity index is 2.61. The molecule has 0 atom stereocenters. The maximum absolute atomic E-state index is 11.9. The molecule has 2 N–H and O–H groups in total. The number of benzene rings is 1. The highest BCUT2D eigenvalue weighted by Gasteiger charge is 2.15. The molecule has 0 radical (unpaired) electrons. The smallest absolute Gasteiger partial charge is 0.242 e. The molecule has 6 heteroatoms. The number of sulfonamides is 1. The second-order valence-electron chi connectivity index (χ2n) is 4.51. The summed E-state index contributed by atoms with van der Waals surface area (Å²) in [5.74, 6) is 0. The molecule has 0 aromatic heterocycles. The van der Waals surface area contributed by atoms with Crippen LogP contribution < -0.4 is 10.0 Å². The van der Waals surface area contributed by atoms with Crippen molar-refractivity contribution in [3.8, 4) is 0 Å². The summed E-state index contributed by atoms with van der Waals surface area (Å²) >= 11 is 0. The van der Waals surface area contributed by atoms with Gasteiger partial charge in [0.25, 0.3) is 0 Å². The molecule has 0 spiro atoms. The van der Waals surface area contributed by atoms with Gasteiger partial charge < -0.3 is 10.2 Å². The van der Waals surface area contributed by atoms with Crippen LogP contribution in [-0.4, -0.2) is 46.5 Å². The Morgan fingerprint density at radius 2 is 1.80 bits per heavy atom. The van der Waals surface area contributed by atoms with Crippen molar-refractivity contribution < 1.29 is 8.42 Å². The van der Waals surface area contributed by atoms with Crippen molar-refractivity contribution in [3.63, 3.8) is 0 Å². The average Bonchev–Trinajstić information content (AvgIpc) is 2.48. The molecule has 0 aliphatic rings. The second kappa shape index (κ2) is 8.24. The van der Waals surface area contributed by atoms with Gasteiger partial charge in [-0.2, -0.15) is 0 Å². The van der Waals surface area contributed by atoms with Gasteiger partial charge in [0.1, 0.15) is 4.90 Å². The summed E-state index contributed by atoms with van der Waals surface area (Å²) in [6.45, 7) is 8.15. The van der Waals surface area contributed by atoms with Gasteiger partial charge in [-0.25, -0.2) is 13.1 Å². The lowest BCUT2D eigenvalue weighted by Crippen LogP contribution is -2.25. The lowest BCUT2D eigenvalue weighted by atomic mass is 10.3. The Hall–Kier alpha value is -1.11. The predicted octanol–water partition coefficient (Wildman–Crippen LogP) is 1.74. The van der Waals surface area contributed by atoms with Crippen LogP contribution in [0.3, 0.4) is 0 Å². The zero-order valence-electron chi connectivity index (χ0n) is 12.5. The Kier molecular flexibility index (Phi) is 6.98.